The summed E-state index contributed by atoms with van der Waals surface area (Å²) in [6.07, 6.45) is 4.01. The van der Waals surface area contributed by atoms with Crippen molar-refractivity contribution in [3.05, 3.63) is 62.0 Å². The summed E-state index contributed by atoms with van der Waals surface area (Å²) in [6, 6.07) is 6.73. The highest BCUT2D eigenvalue weighted by molar-refractivity contribution is 6.42. The Balaban J connectivity index is 1.62. The molecule has 2 bridgehead atoms. The molecule has 2 aliphatic rings. The summed E-state index contributed by atoms with van der Waals surface area (Å²) >= 11 is 11.9. The molecule has 5 nitrogen and oxygen atoms in total. The third-order valence-electron chi connectivity index (χ3n) is 4.81. The summed E-state index contributed by atoms with van der Waals surface area (Å²) in [6.45, 7) is 0. The van der Waals surface area contributed by atoms with Gasteiger partial charge in [-0.1, -0.05) is 23.2 Å². The highest BCUT2D eigenvalue weighted by Crippen LogP contribution is 2.42. The number of rotatable bonds is 1. The van der Waals surface area contributed by atoms with E-state index in [2.05, 4.69) is 10.3 Å². The van der Waals surface area contributed by atoms with Crippen LogP contribution in [0.1, 0.15) is 30.0 Å². The maximum Gasteiger partial charge on any atom is 0.322 e. The molecule has 7 heteroatoms. The van der Waals surface area contributed by atoms with Crippen molar-refractivity contribution in [3.63, 3.8) is 0 Å². The van der Waals surface area contributed by atoms with Crippen LogP contribution in [0.15, 0.2) is 35.3 Å². The third-order valence-corrected chi connectivity index (χ3v) is 5.55. The van der Waals surface area contributed by atoms with Gasteiger partial charge in [0.25, 0.3) is 5.56 Å². The minimum absolute atomic E-state index is 0.0473. The summed E-state index contributed by atoms with van der Waals surface area (Å²) in [5.74, 6) is 0. The molecular weight excluding hydrogens is 349 g/mol. The Morgan fingerprint density at radius 1 is 1.21 bits per heavy atom. The zero-order valence-corrected chi connectivity index (χ0v) is 14.2. The summed E-state index contributed by atoms with van der Waals surface area (Å²) in [5.41, 5.74) is 2.32. The number of H-pyrrole nitrogens is 1. The first-order valence-corrected chi connectivity index (χ1v) is 8.55. The third kappa shape index (κ3) is 2.48. The van der Waals surface area contributed by atoms with E-state index in [1.165, 1.54) is 0 Å². The molecule has 2 N–H and O–H groups in total. The fourth-order valence-electron chi connectivity index (χ4n) is 3.74. The number of carbonyl (C=O) groups is 1. The highest BCUT2D eigenvalue weighted by atomic mass is 35.5. The van der Waals surface area contributed by atoms with Crippen LogP contribution < -0.4 is 10.9 Å². The minimum atomic E-state index is -0.174. The number of carbonyl (C=O) groups excluding carboxylic acids is 1. The number of fused-ring (bicyclic) bond motifs is 4. The van der Waals surface area contributed by atoms with Crippen LogP contribution in [-0.2, 0) is 6.42 Å². The molecule has 1 aromatic heterocycles. The number of benzene rings is 1. The molecule has 1 fully saturated rings. The Bertz CT molecular complexity index is 880. The highest BCUT2D eigenvalue weighted by Gasteiger charge is 2.43. The number of aromatic amines is 1. The predicted octanol–water partition coefficient (Wildman–Crippen LogP) is 3.98. The first kappa shape index (κ1) is 15.5. The van der Waals surface area contributed by atoms with Crippen molar-refractivity contribution in [1.29, 1.82) is 0 Å². The van der Waals surface area contributed by atoms with Crippen molar-refractivity contribution in [3.8, 4) is 0 Å². The second-order valence-corrected chi connectivity index (χ2v) is 6.97. The second-order valence-electron chi connectivity index (χ2n) is 6.16. The number of pyridine rings is 1. The van der Waals surface area contributed by atoms with Gasteiger partial charge in [0.1, 0.15) is 0 Å². The Labute approximate surface area is 148 Å². The average molecular weight is 364 g/mol. The van der Waals surface area contributed by atoms with Gasteiger partial charge in [0.2, 0.25) is 0 Å². The standard InChI is InChI=1S/C17H15Cl2N3O2/c18-13-3-1-9(7-14(13)19)21-17(24)22-10-2-4-15(22)11-5-6-20-16(23)12(11)8-10/h1,3,5-7,10,15H,2,4,8H2,(H,20,23)(H,21,24). The quantitative estimate of drug-likeness (QED) is 0.804. The van der Waals surface area contributed by atoms with Gasteiger partial charge in [0.05, 0.1) is 16.1 Å². The smallest absolute Gasteiger partial charge is 0.322 e. The van der Waals surface area contributed by atoms with E-state index in [0.29, 0.717) is 22.2 Å². The van der Waals surface area contributed by atoms with Crippen LogP contribution in [0, 0.1) is 0 Å². The van der Waals surface area contributed by atoms with E-state index in [1.54, 1.807) is 24.4 Å². The van der Waals surface area contributed by atoms with Crippen molar-refractivity contribution in [2.24, 2.45) is 0 Å². The van der Waals surface area contributed by atoms with Crippen LogP contribution in [0.2, 0.25) is 10.0 Å². The van der Waals surface area contributed by atoms with E-state index in [1.807, 2.05) is 11.0 Å². The minimum Gasteiger partial charge on any atom is -0.329 e. The molecule has 1 saturated heterocycles. The van der Waals surface area contributed by atoms with Gasteiger partial charge in [0, 0.05) is 23.5 Å². The lowest BCUT2D eigenvalue weighted by atomic mass is 9.95. The van der Waals surface area contributed by atoms with E-state index in [9.17, 15) is 9.59 Å². The molecule has 2 aliphatic heterocycles. The molecule has 2 unspecified atom stereocenters. The molecule has 4 rings (SSSR count). The molecule has 0 radical (unpaired) electrons. The van der Waals surface area contributed by atoms with Crippen molar-refractivity contribution in [2.75, 3.05) is 5.32 Å². The number of halogens is 2. The maximum absolute atomic E-state index is 12.8. The largest absolute Gasteiger partial charge is 0.329 e. The van der Waals surface area contributed by atoms with Gasteiger partial charge in [-0.15, -0.1) is 0 Å². The summed E-state index contributed by atoms with van der Waals surface area (Å²) < 4.78 is 0. The van der Waals surface area contributed by atoms with Crippen LogP contribution in [0.3, 0.4) is 0 Å². The van der Waals surface area contributed by atoms with E-state index in [0.717, 1.165) is 24.0 Å². The van der Waals surface area contributed by atoms with Crippen molar-refractivity contribution >= 4 is 34.9 Å². The summed E-state index contributed by atoms with van der Waals surface area (Å²) in [7, 11) is 0. The Morgan fingerprint density at radius 3 is 2.83 bits per heavy atom. The molecule has 3 heterocycles. The second kappa shape index (κ2) is 5.83. The average Bonchev–Trinajstić information content (AvgIpc) is 2.87. The summed E-state index contributed by atoms with van der Waals surface area (Å²) in [5, 5.41) is 3.73. The number of amides is 2. The molecule has 124 valence electrons. The van der Waals surface area contributed by atoms with Gasteiger partial charge < -0.3 is 15.2 Å². The number of hydrogen-bond acceptors (Lipinski definition) is 2. The summed E-state index contributed by atoms with van der Waals surface area (Å²) in [4.78, 5) is 29.4. The van der Waals surface area contributed by atoms with Gasteiger partial charge in [0.15, 0.2) is 0 Å². The van der Waals surface area contributed by atoms with E-state index in [4.69, 9.17) is 23.2 Å². The van der Waals surface area contributed by atoms with Crippen LogP contribution >= 0.6 is 23.2 Å². The van der Waals surface area contributed by atoms with Crippen LogP contribution in [0.25, 0.3) is 0 Å². The van der Waals surface area contributed by atoms with Crippen molar-refractivity contribution in [1.82, 2.24) is 9.88 Å². The molecule has 0 aliphatic carbocycles. The van der Waals surface area contributed by atoms with Crippen LogP contribution in [0.4, 0.5) is 10.5 Å². The predicted molar refractivity (Wildman–Crippen MR) is 93.8 cm³/mol. The van der Waals surface area contributed by atoms with E-state index < -0.39 is 0 Å². The van der Waals surface area contributed by atoms with Crippen LogP contribution in [0.5, 0.6) is 0 Å². The SMILES string of the molecule is O=C(Nc1ccc(Cl)c(Cl)c1)N1C2CCC1c1cc[nH]c(=O)c1C2. The molecular formula is C17H15Cl2N3O2. The number of urea groups is 1. The molecule has 1 aromatic carbocycles. The Kier molecular flexibility index (Phi) is 3.77. The maximum atomic E-state index is 12.8. The van der Waals surface area contributed by atoms with Gasteiger partial charge in [-0.25, -0.2) is 4.79 Å². The molecule has 0 saturated carbocycles. The van der Waals surface area contributed by atoms with Gasteiger partial charge in [-0.05, 0) is 49.1 Å². The number of nitrogens with one attached hydrogen (secondary N) is 2. The van der Waals surface area contributed by atoms with Gasteiger partial charge >= 0.3 is 6.03 Å². The van der Waals surface area contributed by atoms with Crippen molar-refractivity contribution < 1.29 is 4.79 Å². The first-order valence-electron chi connectivity index (χ1n) is 7.79. The number of anilines is 1. The lowest BCUT2D eigenvalue weighted by molar-refractivity contribution is 0.179. The molecule has 2 atom stereocenters. The van der Waals surface area contributed by atoms with Crippen LogP contribution in [-0.4, -0.2) is 22.0 Å². The van der Waals surface area contributed by atoms with Crippen molar-refractivity contribution in [2.45, 2.75) is 31.3 Å². The molecule has 0 spiro atoms. The van der Waals surface area contributed by atoms with E-state index in [-0.39, 0.29) is 23.7 Å². The zero-order chi connectivity index (χ0) is 16.8. The van der Waals surface area contributed by atoms with Gasteiger partial charge in [-0.3, -0.25) is 4.79 Å². The zero-order valence-electron chi connectivity index (χ0n) is 12.7. The van der Waals surface area contributed by atoms with Gasteiger partial charge in [-0.2, -0.15) is 0 Å². The topological polar surface area (TPSA) is 65.2 Å². The monoisotopic (exact) mass is 363 g/mol. The molecule has 24 heavy (non-hydrogen) atoms. The molecule has 2 aromatic rings. The lowest BCUT2D eigenvalue weighted by Gasteiger charge is -2.35. The molecule has 2 amide bonds. The normalized spacial score (nSPS) is 21.5. The Morgan fingerprint density at radius 2 is 2.04 bits per heavy atom. The Hall–Kier alpha value is -1.98. The lowest BCUT2D eigenvalue weighted by Crippen LogP contribution is -2.45. The van der Waals surface area contributed by atoms with E-state index >= 15 is 0 Å². The first-order chi connectivity index (χ1) is 11.5. The number of hydrogen-bond donors (Lipinski definition) is 2. The number of nitrogens with zero attached hydrogens (tertiary/aromatic N) is 1. The fraction of sp³-hybridized carbons (Fsp3) is 0.294. The number of aromatic nitrogens is 1. The fourth-order valence-corrected chi connectivity index (χ4v) is 4.04.